The van der Waals surface area contributed by atoms with E-state index in [0.717, 1.165) is 29.3 Å². The summed E-state index contributed by atoms with van der Waals surface area (Å²) >= 11 is 3.45. The van der Waals surface area contributed by atoms with E-state index in [2.05, 4.69) is 28.2 Å². The van der Waals surface area contributed by atoms with Crippen LogP contribution < -0.4 is 15.8 Å². The zero-order valence-electron chi connectivity index (χ0n) is 12.1. The summed E-state index contributed by atoms with van der Waals surface area (Å²) in [5.74, 6) is 0.577. The van der Waals surface area contributed by atoms with E-state index in [-0.39, 0.29) is 18.6 Å². The summed E-state index contributed by atoms with van der Waals surface area (Å²) in [5, 5.41) is 2.91. The molecule has 0 aliphatic rings. The average molecular weight is 343 g/mol. The van der Waals surface area contributed by atoms with Crippen LogP contribution in [0.15, 0.2) is 22.7 Å². The van der Waals surface area contributed by atoms with Gasteiger partial charge in [0.15, 0.2) is 6.61 Å². The second-order valence-electron chi connectivity index (χ2n) is 4.85. The molecule has 112 valence electrons. The molecule has 0 aliphatic heterocycles. The van der Waals surface area contributed by atoms with Gasteiger partial charge in [-0.15, -0.1) is 0 Å². The Balaban J connectivity index is 2.47. The number of ether oxygens (including phenoxy) is 1. The highest BCUT2D eigenvalue weighted by Gasteiger charge is 2.09. The molecule has 20 heavy (non-hydrogen) atoms. The van der Waals surface area contributed by atoms with Gasteiger partial charge >= 0.3 is 0 Å². The van der Waals surface area contributed by atoms with E-state index in [1.165, 1.54) is 0 Å². The molecule has 0 saturated carbocycles. The number of halogens is 1. The lowest BCUT2D eigenvalue weighted by Gasteiger charge is -2.14. The largest absolute Gasteiger partial charge is 0.483 e. The first-order valence-electron chi connectivity index (χ1n) is 6.97. The SMILES string of the molecule is CCCC(C)NC(=O)COc1ccc(CCN)cc1Br. The van der Waals surface area contributed by atoms with E-state index < -0.39 is 0 Å². The van der Waals surface area contributed by atoms with Gasteiger partial charge in [0.1, 0.15) is 5.75 Å². The number of carbonyl (C=O) groups is 1. The van der Waals surface area contributed by atoms with Gasteiger partial charge in [-0.2, -0.15) is 0 Å². The van der Waals surface area contributed by atoms with Crippen LogP contribution in [0.5, 0.6) is 5.75 Å². The summed E-state index contributed by atoms with van der Waals surface area (Å²) in [4.78, 5) is 11.7. The van der Waals surface area contributed by atoms with Crippen molar-refractivity contribution in [2.75, 3.05) is 13.2 Å². The first kappa shape index (κ1) is 17.0. The molecule has 0 radical (unpaired) electrons. The maximum Gasteiger partial charge on any atom is 0.258 e. The number of benzene rings is 1. The lowest BCUT2D eigenvalue weighted by atomic mass is 10.1. The molecule has 0 aromatic heterocycles. The third-order valence-corrected chi connectivity index (χ3v) is 3.54. The molecule has 0 fully saturated rings. The summed E-state index contributed by atoms with van der Waals surface area (Å²) in [5.41, 5.74) is 6.66. The van der Waals surface area contributed by atoms with Crippen LogP contribution in [0.1, 0.15) is 32.3 Å². The van der Waals surface area contributed by atoms with Crippen molar-refractivity contribution in [2.45, 2.75) is 39.2 Å². The number of amides is 1. The summed E-state index contributed by atoms with van der Waals surface area (Å²) in [6.07, 6.45) is 2.85. The number of hydrogen-bond acceptors (Lipinski definition) is 3. The first-order chi connectivity index (χ1) is 9.56. The van der Waals surface area contributed by atoms with Crippen molar-refractivity contribution in [3.63, 3.8) is 0 Å². The number of rotatable bonds is 8. The number of hydrogen-bond donors (Lipinski definition) is 2. The summed E-state index contributed by atoms with van der Waals surface area (Å²) in [7, 11) is 0. The Kier molecular flexibility index (Phi) is 7.62. The van der Waals surface area contributed by atoms with Gasteiger partial charge in [0, 0.05) is 6.04 Å². The van der Waals surface area contributed by atoms with Gasteiger partial charge in [-0.1, -0.05) is 19.4 Å². The van der Waals surface area contributed by atoms with Crippen LogP contribution in [0.25, 0.3) is 0 Å². The lowest BCUT2D eigenvalue weighted by Crippen LogP contribution is -2.35. The van der Waals surface area contributed by atoms with E-state index in [4.69, 9.17) is 10.5 Å². The first-order valence-corrected chi connectivity index (χ1v) is 7.76. The minimum Gasteiger partial charge on any atom is -0.483 e. The number of nitrogens with two attached hydrogens (primary N) is 1. The van der Waals surface area contributed by atoms with E-state index in [9.17, 15) is 4.79 Å². The van der Waals surface area contributed by atoms with Crippen molar-refractivity contribution < 1.29 is 9.53 Å². The maximum atomic E-state index is 11.7. The fourth-order valence-corrected chi connectivity index (χ4v) is 2.49. The number of carbonyl (C=O) groups excluding carboxylic acids is 1. The molecule has 1 aromatic rings. The molecule has 0 saturated heterocycles. The van der Waals surface area contributed by atoms with Gasteiger partial charge in [-0.3, -0.25) is 4.79 Å². The normalized spacial score (nSPS) is 12.0. The van der Waals surface area contributed by atoms with Crippen molar-refractivity contribution in [1.82, 2.24) is 5.32 Å². The van der Waals surface area contributed by atoms with Crippen LogP contribution in [0.3, 0.4) is 0 Å². The van der Waals surface area contributed by atoms with Crippen LogP contribution >= 0.6 is 15.9 Å². The van der Waals surface area contributed by atoms with Crippen molar-refractivity contribution >= 4 is 21.8 Å². The average Bonchev–Trinajstić information content (AvgIpc) is 2.38. The van der Waals surface area contributed by atoms with Crippen LogP contribution in [-0.4, -0.2) is 25.1 Å². The monoisotopic (exact) mass is 342 g/mol. The zero-order valence-corrected chi connectivity index (χ0v) is 13.7. The van der Waals surface area contributed by atoms with Crippen molar-refractivity contribution in [2.24, 2.45) is 5.73 Å². The van der Waals surface area contributed by atoms with Crippen LogP contribution in [0.2, 0.25) is 0 Å². The molecule has 0 heterocycles. The third kappa shape index (κ3) is 5.92. The molecule has 1 aromatic carbocycles. The smallest absolute Gasteiger partial charge is 0.258 e. The molecule has 1 unspecified atom stereocenters. The van der Waals surface area contributed by atoms with E-state index in [0.29, 0.717) is 12.3 Å². The molecule has 1 rings (SSSR count). The number of nitrogens with one attached hydrogen (secondary N) is 1. The zero-order chi connectivity index (χ0) is 15.0. The molecule has 1 amide bonds. The van der Waals surface area contributed by atoms with Gasteiger partial charge in [0.2, 0.25) is 0 Å². The van der Waals surface area contributed by atoms with E-state index in [1.54, 1.807) is 0 Å². The quantitative estimate of drug-likeness (QED) is 0.763. The summed E-state index contributed by atoms with van der Waals surface area (Å²) in [6.45, 7) is 4.74. The maximum absolute atomic E-state index is 11.7. The van der Waals surface area contributed by atoms with Gasteiger partial charge in [0.05, 0.1) is 4.47 Å². The fraction of sp³-hybridized carbons (Fsp3) is 0.533. The highest BCUT2D eigenvalue weighted by molar-refractivity contribution is 9.10. The Morgan fingerprint density at radius 3 is 2.85 bits per heavy atom. The molecule has 1 atom stereocenters. The third-order valence-electron chi connectivity index (χ3n) is 2.92. The Labute approximate surface area is 129 Å². The summed E-state index contributed by atoms with van der Waals surface area (Å²) < 4.78 is 6.37. The standard InChI is InChI=1S/C15H23BrN2O2/c1-3-4-11(2)18-15(19)10-20-14-6-5-12(7-8-17)9-13(14)16/h5-6,9,11H,3-4,7-8,10,17H2,1-2H3,(H,18,19). The van der Waals surface area contributed by atoms with Crippen molar-refractivity contribution in [1.29, 1.82) is 0 Å². The molecule has 4 nitrogen and oxygen atoms in total. The predicted molar refractivity (Wildman–Crippen MR) is 84.9 cm³/mol. The Bertz CT molecular complexity index is 438. The molecule has 5 heteroatoms. The van der Waals surface area contributed by atoms with Gasteiger partial charge in [-0.05, 0) is 59.9 Å². The highest BCUT2D eigenvalue weighted by atomic mass is 79.9. The van der Waals surface area contributed by atoms with Gasteiger partial charge < -0.3 is 15.8 Å². The van der Waals surface area contributed by atoms with Gasteiger partial charge in [0.25, 0.3) is 5.91 Å². The Morgan fingerprint density at radius 1 is 1.50 bits per heavy atom. The Hall–Kier alpha value is -1.07. The minimum absolute atomic E-state index is 0.0306. The van der Waals surface area contributed by atoms with Crippen molar-refractivity contribution in [3.8, 4) is 5.75 Å². The van der Waals surface area contributed by atoms with Crippen LogP contribution in [-0.2, 0) is 11.2 Å². The van der Waals surface area contributed by atoms with Crippen LogP contribution in [0.4, 0.5) is 0 Å². The predicted octanol–water partition coefficient (Wildman–Crippen LogP) is 2.63. The van der Waals surface area contributed by atoms with Crippen molar-refractivity contribution in [3.05, 3.63) is 28.2 Å². The molecule has 0 bridgehead atoms. The topological polar surface area (TPSA) is 64.3 Å². The second kappa shape index (κ2) is 8.97. The fourth-order valence-electron chi connectivity index (χ4n) is 1.95. The molecule has 0 aliphatic carbocycles. The van der Waals surface area contributed by atoms with E-state index >= 15 is 0 Å². The molecule has 3 N–H and O–H groups in total. The molecule has 0 spiro atoms. The Morgan fingerprint density at radius 2 is 2.25 bits per heavy atom. The summed E-state index contributed by atoms with van der Waals surface area (Å²) in [6, 6.07) is 5.98. The van der Waals surface area contributed by atoms with E-state index in [1.807, 2.05) is 25.1 Å². The lowest BCUT2D eigenvalue weighted by molar-refractivity contribution is -0.123. The van der Waals surface area contributed by atoms with Gasteiger partial charge in [-0.25, -0.2) is 0 Å². The van der Waals surface area contributed by atoms with Crippen LogP contribution in [0, 0.1) is 0 Å². The second-order valence-corrected chi connectivity index (χ2v) is 5.70. The molecular weight excluding hydrogens is 320 g/mol. The highest BCUT2D eigenvalue weighted by Crippen LogP contribution is 2.26. The molecular formula is C15H23BrN2O2. The minimum atomic E-state index is -0.0936.